The Morgan fingerprint density at radius 1 is 1.50 bits per heavy atom. The summed E-state index contributed by atoms with van der Waals surface area (Å²) in [5.74, 6) is -0.124. The number of carbonyl (C=O) groups excluding carboxylic acids is 1. The van der Waals surface area contributed by atoms with Gasteiger partial charge in [0.25, 0.3) is 5.91 Å². The molecule has 1 heterocycles. The Bertz CT molecular complexity index is 398. The van der Waals surface area contributed by atoms with Crippen LogP contribution >= 0.6 is 0 Å². The van der Waals surface area contributed by atoms with Crippen LogP contribution in [0, 0.1) is 0 Å². The summed E-state index contributed by atoms with van der Waals surface area (Å²) in [5.41, 5.74) is 0.282. The van der Waals surface area contributed by atoms with Gasteiger partial charge in [-0.2, -0.15) is 0 Å². The molecule has 1 aromatic heterocycles. The Kier molecular flexibility index (Phi) is 1.91. The highest BCUT2D eigenvalue weighted by molar-refractivity contribution is 5.94. The van der Waals surface area contributed by atoms with Crippen LogP contribution in [0.1, 0.15) is 30.1 Å². The van der Waals surface area contributed by atoms with Gasteiger partial charge in [-0.1, -0.05) is 0 Å². The zero-order chi connectivity index (χ0) is 10.2. The number of aromatic amines is 1. The second-order valence-corrected chi connectivity index (χ2v) is 3.96. The fourth-order valence-corrected chi connectivity index (χ4v) is 1.21. The van der Waals surface area contributed by atoms with E-state index in [0.717, 1.165) is 12.8 Å². The summed E-state index contributed by atoms with van der Waals surface area (Å²) in [7, 11) is 0. The van der Waals surface area contributed by atoms with Crippen LogP contribution in [0.2, 0.25) is 0 Å². The first kappa shape index (κ1) is 8.99. The molecular weight excluding hydrogens is 180 g/mol. The Labute approximate surface area is 81.3 Å². The fraction of sp³-hybridized carbons (Fsp3) is 0.400. The number of carbonyl (C=O) groups is 1. The van der Waals surface area contributed by atoms with Crippen LogP contribution in [0.4, 0.5) is 0 Å². The molecule has 1 saturated carbocycles. The van der Waals surface area contributed by atoms with Crippen LogP contribution in [0.3, 0.4) is 0 Å². The van der Waals surface area contributed by atoms with Crippen molar-refractivity contribution in [3.8, 4) is 0 Å². The van der Waals surface area contributed by atoms with Gasteiger partial charge in [0.15, 0.2) is 0 Å². The molecule has 74 valence electrons. The Hall–Kier alpha value is -1.58. The van der Waals surface area contributed by atoms with Crippen molar-refractivity contribution in [1.29, 1.82) is 0 Å². The minimum Gasteiger partial charge on any atom is -0.347 e. The molecule has 1 amide bonds. The van der Waals surface area contributed by atoms with Gasteiger partial charge in [-0.3, -0.25) is 9.59 Å². The first-order valence-corrected chi connectivity index (χ1v) is 4.60. The van der Waals surface area contributed by atoms with Gasteiger partial charge in [0.05, 0.1) is 5.56 Å². The molecule has 0 spiro atoms. The normalized spacial score (nSPS) is 17.5. The van der Waals surface area contributed by atoms with E-state index in [4.69, 9.17) is 0 Å². The summed E-state index contributed by atoms with van der Waals surface area (Å²) >= 11 is 0. The molecule has 4 nitrogen and oxygen atoms in total. The zero-order valence-corrected chi connectivity index (χ0v) is 7.96. The lowest BCUT2D eigenvalue weighted by molar-refractivity contribution is 0.0935. The predicted molar refractivity (Wildman–Crippen MR) is 52.2 cm³/mol. The lowest BCUT2D eigenvalue weighted by Gasteiger charge is -2.10. The van der Waals surface area contributed by atoms with E-state index < -0.39 is 0 Å². The third-order valence-corrected chi connectivity index (χ3v) is 2.46. The molecule has 1 fully saturated rings. The van der Waals surface area contributed by atoms with Gasteiger partial charge in [-0.05, 0) is 25.8 Å². The van der Waals surface area contributed by atoms with Crippen molar-refractivity contribution in [3.05, 3.63) is 34.2 Å². The SMILES string of the molecule is CC1(NC(=O)c2ccc(=O)[nH]c2)CC1. The smallest absolute Gasteiger partial charge is 0.253 e. The molecule has 14 heavy (non-hydrogen) atoms. The van der Waals surface area contributed by atoms with Gasteiger partial charge < -0.3 is 10.3 Å². The number of amides is 1. The number of hydrogen-bond donors (Lipinski definition) is 2. The molecule has 0 unspecified atom stereocenters. The Morgan fingerprint density at radius 3 is 2.71 bits per heavy atom. The average molecular weight is 192 g/mol. The highest BCUT2D eigenvalue weighted by Crippen LogP contribution is 2.34. The summed E-state index contributed by atoms with van der Waals surface area (Å²) in [5, 5.41) is 2.91. The summed E-state index contributed by atoms with van der Waals surface area (Å²) in [6.45, 7) is 2.01. The highest BCUT2D eigenvalue weighted by atomic mass is 16.2. The summed E-state index contributed by atoms with van der Waals surface area (Å²) in [6, 6.07) is 2.88. The fourth-order valence-electron chi connectivity index (χ4n) is 1.21. The summed E-state index contributed by atoms with van der Waals surface area (Å²) < 4.78 is 0. The molecule has 2 N–H and O–H groups in total. The van der Waals surface area contributed by atoms with Crippen molar-refractivity contribution in [3.63, 3.8) is 0 Å². The number of aromatic nitrogens is 1. The van der Waals surface area contributed by atoms with Crippen LogP contribution < -0.4 is 10.9 Å². The number of pyridine rings is 1. The molecule has 1 aliphatic rings. The first-order chi connectivity index (χ1) is 6.59. The van der Waals surface area contributed by atoms with Gasteiger partial charge in [-0.25, -0.2) is 0 Å². The van der Waals surface area contributed by atoms with Crippen LogP contribution in [0.25, 0.3) is 0 Å². The van der Waals surface area contributed by atoms with E-state index in [9.17, 15) is 9.59 Å². The molecule has 0 radical (unpaired) electrons. The maximum atomic E-state index is 11.6. The molecule has 0 aromatic carbocycles. The van der Waals surface area contributed by atoms with Crippen molar-refractivity contribution in [1.82, 2.24) is 10.3 Å². The Morgan fingerprint density at radius 2 is 2.21 bits per heavy atom. The molecule has 2 rings (SSSR count). The van der Waals surface area contributed by atoms with E-state index in [2.05, 4.69) is 10.3 Å². The van der Waals surface area contributed by atoms with Crippen molar-refractivity contribution >= 4 is 5.91 Å². The van der Waals surface area contributed by atoms with Crippen molar-refractivity contribution in [2.45, 2.75) is 25.3 Å². The maximum Gasteiger partial charge on any atom is 0.253 e. The van der Waals surface area contributed by atoms with Gasteiger partial charge >= 0.3 is 0 Å². The lowest BCUT2D eigenvalue weighted by atomic mass is 10.2. The van der Waals surface area contributed by atoms with E-state index in [0.29, 0.717) is 5.56 Å². The number of rotatable bonds is 2. The number of H-pyrrole nitrogens is 1. The largest absolute Gasteiger partial charge is 0.347 e. The maximum absolute atomic E-state index is 11.6. The molecule has 0 saturated heterocycles. The minimum atomic E-state index is -0.195. The molecule has 1 aromatic rings. The molecule has 1 aliphatic carbocycles. The first-order valence-electron chi connectivity index (χ1n) is 4.60. The quantitative estimate of drug-likeness (QED) is 0.723. The second-order valence-electron chi connectivity index (χ2n) is 3.96. The average Bonchev–Trinajstić information content (AvgIpc) is 2.84. The zero-order valence-electron chi connectivity index (χ0n) is 7.96. The van der Waals surface area contributed by atoms with Crippen molar-refractivity contribution in [2.75, 3.05) is 0 Å². The van der Waals surface area contributed by atoms with Gasteiger partial charge in [0.2, 0.25) is 5.56 Å². The van der Waals surface area contributed by atoms with Crippen molar-refractivity contribution < 1.29 is 4.79 Å². The molecule has 4 heteroatoms. The van der Waals surface area contributed by atoms with E-state index in [1.165, 1.54) is 18.3 Å². The second kappa shape index (κ2) is 2.97. The van der Waals surface area contributed by atoms with E-state index in [1.54, 1.807) is 0 Å². The summed E-state index contributed by atoms with van der Waals surface area (Å²) in [4.78, 5) is 24.8. The molecular formula is C10H12N2O2. The van der Waals surface area contributed by atoms with E-state index in [1.807, 2.05) is 6.92 Å². The lowest BCUT2D eigenvalue weighted by Crippen LogP contribution is -2.34. The van der Waals surface area contributed by atoms with Crippen molar-refractivity contribution in [2.24, 2.45) is 0 Å². The molecule has 0 atom stereocenters. The minimum absolute atomic E-state index is 0.0206. The van der Waals surface area contributed by atoms with Crippen LogP contribution in [0.5, 0.6) is 0 Å². The predicted octanol–water partition coefficient (Wildman–Crippen LogP) is 0.657. The number of hydrogen-bond acceptors (Lipinski definition) is 2. The molecule has 0 aliphatic heterocycles. The van der Waals surface area contributed by atoms with Crippen LogP contribution in [-0.2, 0) is 0 Å². The summed E-state index contributed by atoms with van der Waals surface area (Å²) in [6.07, 6.45) is 3.49. The highest BCUT2D eigenvalue weighted by Gasteiger charge is 2.38. The number of nitrogens with one attached hydrogen (secondary N) is 2. The molecule has 0 bridgehead atoms. The third kappa shape index (κ3) is 1.84. The van der Waals surface area contributed by atoms with Gasteiger partial charge in [-0.15, -0.1) is 0 Å². The van der Waals surface area contributed by atoms with E-state index >= 15 is 0 Å². The monoisotopic (exact) mass is 192 g/mol. The topological polar surface area (TPSA) is 62.0 Å². The van der Waals surface area contributed by atoms with Gasteiger partial charge in [0, 0.05) is 17.8 Å². The van der Waals surface area contributed by atoms with E-state index in [-0.39, 0.29) is 17.0 Å². The Balaban J connectivity index is 2.11. The van der Waals surface area contributed by atoms with Crippen LogP contribution in [-0.4, -0.2) is 16.4 Å². The van der Waals surface area contributed by atoms with Gasteiger partial charge in [0.1, 0.15) is 0 Å². The van der Waals surface area contributed by atoms with Crippen LogP contribution in [0.15, 0.2) is 23.1 Å². The third-order valence-electron chi connectivity index (χ3n) is 2.46. The standard InChI is InChI=1S/C10H12N2O2/c1-10(4-5-10)12-9(14)7-2-3-8(13)11-6-7/h2-3,6H,4-5H2,1H3,(H,11,13)(H,12,14).